The molecule has 33 heavy (non-hydrogen) atoms. The van der Waals surface area contributed by atoms with E-state index < -0.39 is 0 Å². The van der Waals surface area contributed by atoms with Crippen LogP contribution in [0.25, 0.3) is 33.7 Å². The lowest BCUT2D eigenvalue weighted by atomic mass is 10.1. The van der Waals surface area contributed by atoms with Gasteiger partial charge >= 0.3 is 0 Å². The van der Waals surface area contributed by atoms with Crippen LogP contribution in [0.4, 0.5) is 5.69 Å². The molecule has 0 radical (unpaired) electrons. The van der Waals surface area contributed by atoms with Crippen molar-refractivity contribution in [1.29, 1.82) is 5.26 Å². The minimum absolute atomic E-state index is 0.259. The minimum atomic E-state index is 0.259. The maximum absolute atomic E-state index is 9.14. The lowest BCUT2D eigenvalue weighted by Crippen LogP contribution is -2.02. The molecule has 0 spiro atoms. The van der Waals surface area contributed by atoms with Crippen LogP contribution in [0.15, 0.2) is 67.1 Å². The molecule has 8 heteroatoms. The maximum Gasteiger partial charge on any atom is 0.126 e. The van der Waals surface area contributed by atoms with Gasteiger partial charge < -0.3 is 10.3 Å². The predicted molar refractivity (Wildman–Crippen MR) is 127 cm³/mol. The molecule has 3 aromatic heterocycles. The largest absolute Gasteiger partial charge is 0.378 e. The minimum Gasteiger partial charge on any atom is -0.378 e. The lowest BCUT2D eigenvalue weighted by Gasteiger charge is -2.04. The van der Waals surface area contributed by atoms with Crippen LogP contribution in [-0.4, -0.2) is 29.7 Å². The summed E-state index contributed by atoms with van der Waals surface area (Å²) >= 11 is 0. The first kappa shape index (κ1) is 20.4. The van der Waals surface area contributed by atoms with E-state index in [0.717, 1.165) is 45.2 Å². The third kappa shape index (κ3) is 4.16. The third-order valence-electron chi connectivity index (χ3n) is 5.34. The van der Waals surface area contributed by atoms with Gasteiger partial charge in [-0.2, -0.15) is 10.4 Å². The van der Waals surface area contributed by atoms with Crippen molar-refractivity contribution in [2.24, 2.45) is 0 Å². The fourth-order valence-corrected chi connectivity index (χ4v) is 3.65. The highest BCUT2D eigenvalue weighted by atomic mass is 15.3. The van der Waals surface area contributed by atoms with E-state index in [1.165, 1.54) is 0 Å². The number of aromatic amines is 1. The van der Waals surface area contributed by atoms with Crippen LogP contribution in [-0.2, 0) is 6.54 Å². The molecule has 0 bridgehead atoms. The molecule has 0 saturated carbocycles. The van der Waals surface area contributed by atoms with Crippen molar-refractivity contribution in [1.82, 2.24) is 29.7 Å². The number of H-pyrrole nitrogens is 1. The van der Waals surface area contributed by atoms with Crippen molar-refractivity contribution in [2.75, 3.05) is 5.32 Å². The molecule has 0 saturated heterocycles. The Hall–Kier alpha value is -4.51. The first-order chi connectivity index (χ1) is 16.1. The van der Waals surface area contributed by atoms with Crippen molar-refractivity contribution in [3.8, 4) is 28.7 Å². The van der Waals surface area contributed by atoms with Gasteiger partial charge in [-0.05, 0) is 50.2 Å². The number of nitriles is 1. The van der Waals surface area contributed by atoms with E-state index in [1.807, 2.05) is 53.3 Å². The Labute approximate surface area is 191 Å². The van der Waals surface area contributed by atoms with Gasteiger partial charge in [-0.15, -0.1) is 0 Å². The average molecular weight is 435 g/mol. The molecule has 3 heterocycles. The number of imidazole rings is 1. The quantitative estimate of drug-likeness (QED) is 0.391. The first-order valence-corrected chi connectivity index (χ1v) is 10.7. The average Bonchev–Trinajstić information content (AvgIpc) is 3.50. The summed E-state index contributed by atoms with van der Waals surface area (Å²) in [5, 5.41) is 17.2. The topological polar surface area (TPSA) is 108 Å². The second-order valence-electron chi connectivity index (χ2n) is 7.99. The summed E-state index contributed by atoms with van der Waals surface area (Å²) < 4.78 is 1.93. The summed E-state index contributed by atoms with van der Waals surface area (Å²) in [6.07, 6.45) is 5.35. The normalized spacial score (nSPS) is 11.1. The van der Waals surface area contributed by atoms with Crippen molar-refractivity contribution < 1.29 is 0 Å². The molecule has 0 fully saturated rings. The van der Waals surface area contributed by atoms with E-state index in [1.54, 1.807) is 18.5 Å². The zero-order valence-corrected chi connectivity index (χ0v) is 18.3. The number of benzene rings is 2. The van der Waals surface area contributed by atoms with E-state index in [0.29, 0.717) is 12.1 Å². The predicted octanol–water partition coefficient (Wildman–Crippen LogP) is 4.95. The Bertz CT molecular complexity index is 1470. The Morgan fingerprint density at radius 2 is 1.91 bits per heavy atom. The van der Waals surface area contributed by atoms with Crippen molar-refractivity contribution in [2.45, 2.75) is 26.4 Å². The summed E-state index contributed by atoms with van der Waals surface area (Å²) in [6, 6.07) is 17.7. The molecular weight excluding hydrogens is 412 g/mol. The van der Waals surface area contributed by atoms with E-state index in [9.17, 15) is 0 Å². The van der Waals surface area contributed by atoms with Gasteiger partial charge in [-0.25, -0.2) is 4.98 Å². The summed E-state index contributed by atoms with van der Waals surface area (Å²) in [6.45, 7) is 4.66. The molecule has 5 rings (SSSR count). The SMILES string of the molecule is CC(C)n1ccc(-c2[nH]c(CNc3cccc(C#N)c3)nc2-c2ccc3nccnc3c2)n1. The van der Waals surface area contributed by atoms with Crippen LogP contribution in [0.2, 0.25) is 0 Å². The molecule has 0 amide bonds. The number of nitrogens with zero attached hydrogens (tertiary/aromatic N) is 6. The summed E-state index contributed by atoms with van der Waals surface area (Å²) in [4.78, 5) is 17.1. The first-order valence-electron chi connectivity index (χ1n) is 10.7. The molecule has 162 valence electrons. The molecule has 0 aliphatic rings. The van der Waals surface area contributed by atoms with Crippen molar-refractivity contribution >= 4 is 16.7 Å². The molecule has 0 aliphatic carbocycles. The molecule has 0 atom stereocenters. The van der Waals surface area contributed by atoms with Crippen molar-refractivity contribution in [3.05, 3.63) is 78.5 Å². The van der Waals surface area contributed by atoms with E-state index >= 15 is 0 Å². The Balaban J connectivity index is 1.53. The maximum atomic E-state index is 9.14. The van der Waals surface area contributed by atoms with Crippen LogP contribution >= 0.6 is 0 Å². The Morgan fingerprint density at radius 3 is 2.70 bits per heavy atom. The zero-order valence-electron chi connectivity index (χ0n) is 18.3. The third-order valence-corrected chi connectivity index (χ3v) is 5.34. The number of aromatic nitrogens is 6. The smallest absolute Gasteiger partial charge is 0.126 e. The van der Waals surface area contributed by atoms with Gasteiger partial charge in [0.1, 0.15) is 11.5 Å². The lowest BCUT2D eigenvalue weighted by molar-refractivity contribution is 0.534. The van der Waals surface area contributed by atoms with Crippen LogP contribution in [0.3, 0.4) is 0 Å². The summed E-state index contributed by atoms with van der Waals surface area (Å²) in [5.41, 5.74) is 6.52. The van der Waals surface area contributed by atoms with Crippen LogP contribution in [0.1, 0.15) is 31.3 Å². The van der Waals surface area contributed by atoms with Gasteiger partial charge in [0.25, 0.3) is 0 Å². The molecule has 8 nitrogen and oxygen atoms in total. The Kier molecular flexibility index (Phi) is 5.29. The second-order valence-corrected chi connectivity index (χ2v) is 7.99. The van der Waals surface area contributed by atoms with Gasteiger partial charge in [0.2, 0.25) is 0 Å². The highest BCUT2D eigenvalue weighted by molar-refractivity contribution is 5.84. The van der Waals surface area contributed by atoms with E-state index in [-0.39, 0.29) is 6.04 Å². The van der Waals surface area contributed by atoms with E-state index in [2.05, 4.69) is 40.2 Å². The summed E-state index contributed by atoms with van der Waals surface area (Å²) in [7, 11) is 0. The second kappa shape index (κ2) is 8.55. The van der Waals surface area contributed by atoms with Crippen LogP contribution in [0.5, 0.6) is 0 Å². The highest BCUT2D eigenvalue weighted by Gasteiger charge is 2.17. The number of hydrogen-bond donors (Lipinski definition) is 2. The number of anilines is 1. The molecule has 2 N–H and O–H groups in total. The molecule has 5 aromatic rings. The fourth-order valence-electron chi connectivity index (χ4n) is 3.65. The number of fused-ring (bicyclic) bond motifs is 1. The van der Waals surface area contributed by atoms with Gasteiger partial charge in [0, 0.05) is 35.9 Å². The fraction of sp³-hybridized carbons (Fsp3) is 0.160. The number of nitrogens with one attached hydrogen (secondary N) is 2. The molecule has 0 aliphatic heterocycles. The van der Waals surface area contributed by atoms with E-state index in [4.69, 9.17) is 15.3 Å². The zero-order chi connectivity index (χ0) is 22.8. The number of rotatable bonds is 6. The van der Waals surface area contributed by atoms with Gasteiger partial charge in [0.15, 0.2) is 0 Å². The molecule has 2 aromatic carbocycles. The van der Waals surface area contributed by atoms with Crippen LogP contribution < -0.4 is 5.32 Å². The highest BCUT2D eigenvalue weighted by Crippen LogP contribution is 2.31. The van der Waals surface area contributed by atoms with Crippen LogP contribution in [0, 0.1) is 11.3 Å². The monoisotopic (exact) mass is 434 g/mol. The Morgan fingerprint density at radius 1 is 1.06 bits per heavy atom. The molecular formula is C25H22N8. The van der Waals surface area contributed by atoms with Gasteiger partial charge in [0.05, 0.1) is 40.6 Å². The number of hydrogen-bond acceptors (Lipinski definition) is 6. The standard InChI is InChI=1S/C25H22N8/c1-16(2)33-11-8-21(32-33)25-24(18-6-7-20-22(13-18)28-10-9-27-20)30-23(31-25)15-29-19-5-3-4-17(12-19)14-26/h3-13,16,29H,15H2,1-2H3,(H,30,31). The van der Waals surface area contributed by atoms with Gasteiger partial charge in [-0.3, -0.25) is 14.6 Å². The summed E-state index contributed by atoms with van der Waals surface area (Å²) in [5.74, 6) is 0.765. The molecule has 0 unspecified atom stereocenters. The van der Waals surface area contributed by atoms with Gasteiger partial charge in [-0.1, -0.05) is 12.1 Å². The van der Waals surface area contributed by atoms with Crippen molar-refractivity contribution in [3.63, 3.8) is 0 Å².